The molecule has 0 aromatic heterocycles. The van der Waals surface area contributed by atoms with Gasteiger partial charge in [0.15, 0.2) is 0 Å². The zero-order valence-electron chi connectivity index (χ0n) is 21.0. The largest absolute Gasteiger partial charge is 0.159 e. The lowest BCUT2D eigenvalue weighted by Crippen LogP contribution is -2.13. The predicted octanol–water partition coefficient (Wildman–Crippen LogP) is 9.12. The molecule has 178 valence electrons. The maximum absolute atomic E-state index is 4.26. The van der Waals surface area contributed by atoms with Gasteiger partial charge in [-0.3, -0.25) is 0 Å². The van der Waals surface area contributed by atoms with E-state index in [0.717, 1.165) is 23.0 Å². The SMILES string of the molecule is CCCCCCCc1ccc(/C=N/N=C/c2ccc(C3CCC(CCCC)CC3)cc2)cc1. The van der Waals surface area contributed by atoms with E-state index in [1.807, 2.05) is 12.4 Å². The number of nitrogens with zero attached hydrogens (tertiary/aromatic N) is 2. The van der Waals surface area contributed by atoms with Crippen LogP contribution in [0.5, 0.6) is 0 Å². The summed E-state index contributed by atoms with van der Waals surface area (Å²) in [5.74, 6) is 1.71. The second kappa shape index (κ2) is 14.8. The molecule has 33 heavy (non-hydrogen) atoms. The van der Waals surface area contributed by atoms with E-state index in [4.69, 9.17) is 0 Å². The van der Waals surface area contributed by atoms with Crippen molar-refractivity contribution >= 4 is 12.4 Å². The van der Waals surface area contributed by atoms with E-state index in [1.165, 1.54) is 94.6 Å². The number of rotatable bonds is 13. The summed E-state index contributed by atoms with van der Waals surface area (Å²) in [7, 11) is 0. The highest BCUT2D eigenvalue weighted by Crippen LogP contribution is 2.37. The molecule has 0 atom stereocenters. The molecule has 1 aliphatic carbocycles. The van der Waals surface area contributed by atoms with Crippen molar-refractivity contribution in [2.45, 2.75) is 103 Å². The summed E-state index contributed by atoms with van der Waals surface area (Å²) in [6.45, 7) is 4.57. The Labute approximate surface area is 202 Å². The van der Waals surface area contributed by atoms with E-state index in [-0.39, 0.29) is 0 Å². The normalized spacial score (nSPS) is 19.0. The molecule has 0 bridgehead atoms. The van der Waals surface area contributed by atoms with Crippen LogP contribution in [-0.4, -0.2) is 12.4 Å². The lowest BCUT2D eigenvalue weighted by Gasteiger charge is -2.28. The molecule has 2 aromatic rings. The summed E-state index contributed by atoms with van der Waals surface area (Å²) in [6, 6.07) is 17.7. The number of benzene rings is 2. The molecule has 0 aliphatic heterocycles. The fourth-order valence-electron chi connectivity index (χ4n) is 5.03. The second-order valence-corrected chi connectivity index (χ2v) is 9.92. The quantitative estimate of drug-likeness (QED) is 0.167. The molecular weight excluding hydrogens is 400 g/mol. The van der Waals surface area contributed by atoms with Crippen LogP contribution < -0.4 is 0 Å². The zero-order chi connectivity index (χ0) is 23.1. The first-order valence-electron chi connectivity index (χ1n) is 13.5. The van der Waals surface area contributed by atoms with Crippen LogP contribution >= 0.6 is 0 Å². The fraction of sp³-hybridized carbons (Fsp3) is 0.548. The number of aryl methyl sites for hydroxylation is 1. The molecule has 0 saturated heterocycles. The van der Waals surface area contributed by atoms with Crippen LogP contribution in [0.15, 0.2) is 58.7 Å². The molecule has 2 aromatic carbocycles. The van der Waals surface area contributed by atoms with Gasteiger partial charge in [-0.2, -0.15) is 10.2 Å². The van der Waals surface area contributed by atoms with Crippen molar-refractivity contribution in [3.05, 3.63) is 70.8 Å². The summed E-state index contributed by atoms with van der Waals surface area (Å²) in [5.41, 5.74) is 5.13. The van der Waals surface area contributed by atoms with Gasteiger partial charge in [-0.15, -0.1) is 0 Å². The Bertz CT molecular complexity index is 824. The Balaban J connectivity index is 1.40. The highest BCUT2D eigenvalue weighted by Gasteiger charge is 2.21. The monoisotopic (exact) mass is 444 g/mol. The van der Waals surface area contributed by atoms with Crippen LogP contribution in [0.2, 0.25) is 0 Å². The van der Waals surface area contributed by atoms with Gasteiger partial charge in [0, 0.05) is 0 Å². The van der Waals surface area contributed by atoms with E-state index in [1.54, 1.807) is 0 Å². The molecule has 1 aliphatic rings. The standard InChI is InChI=1S/C31H44N2/c1-3-5-7-8-9-11-27-12-14-28(15-13-27)24-32-33-25-29-18-22-31(23-19-29)30-20-16-26(17-21-30)10-6-4-2/h12-15,18-19,22-26,30H,3-11,16-17,20-21H2,1-2H3/b32-24+,33-25+. The number of unbranched alkanes of at least 4 members (excludes halogenated alkanes) is 5. The third kappa shape index (κ3) is 9.27. The molecule has 0 unspecified atom stereocenters. The molecule has 0 amide bonds. The molecule has 3 rings (SSSR count). The number of hydrogen-bond acceptors (Lipinski definition) is 2. The van der Waals surface area contributed by atoms with Crippen LogP contribution in [0.1, 0.15) is 119 Å². The highest BCUT2D eigenvalue weighted by atomic mass is 15.2. The van der Waals surface area contributed by atoms with Gasteiger partial charge in [0.25, 0.3) is 0 Å². The smallest absolute Gasteiger partial charge is 0.0568 e. The van der Waals surface area contributed by atoms with Gasteiger partial charge in [-0.1, -0.05) is 107 Å². The Hall–Kier alpha value is -2.22. The van der Waals surface area contributed by atoms with E-state index in [0.29, 0.717) is 0 Å². The summed E-state index contributed by atoms with van der Waals surface area (Å²) in [6.07, 6.45) is 21.2. The first-order chi connectivity index (χ1) is 16.3. The molecule has 1 fully saturated rings. The molecular formula is C31H44N2. The van der Waals surface area contributed by atoms with Crippen LogP contribution in [0.25, 0.3) is 0 Å². The topological polar surface area (TPSA) is 24.7 Å². The van der Waals surface area contributed by atoms with Crippen LogP contribution in [0.4, 0.5) is 0 Å². The Morgan fingerprint density at radius 2 is 1.24 bits per heavy atom. The Morgan fingerprint density at radius 3 is 1.85 bits per heavy atom. The van der Waals surface area contributed by atoms with E-state index in [9.17, 15) is 0 Å². The molecule has 2 heteroatoms. The summed E-state index contributed by atoms with van der Waals surface area (Å²) in [4.78, 5) is 0. The van der Waals surface area contributed by atoms with Gasteiger partial charge in [-0.05, 0) is 72.6 Å². The highest BCUT2D eigenvalue weighted by molar-refractivity contribution is 5.82. The van der Waals surface area contributed by atoms with Gasteiger partial charge >= 0.3 is 0 Å². The summed E-state index contributed by atoms with van der Waals surface area (Å²) in [5, 5.41) is 8.51. The molecule has 0 spiro atoms. The van der Waals surface area contributed by atoms with Gasteiger partial charge in [0.05, 0.1) is 12.4 Å². The van der Waals surface area contributed by atoms with Crippen molar-refractivity contribution < 1.29 is 0 Å². The Morgan fingerprint density at radius 1 is 0.667 bits per heavy atom. The minimum absolute atomic E-state index is 0.742. The van der Waals surface area contributed by atoms with Crippen molar-refractivity contribution in [3.63, 3.8) is 0 Å². The van der Waals surface area contributed by atoms with Crippen molar-refractivity contribution in [1.29, 1.82) is 0 Å². The van der Waals surface area contributed by atoms with Gasteiger partial charge in [-0.25, -0.2) is 0 Å². The van der Waals surface area contributed by atoms with Crippen LogP contribution in [0, 0.1) is 5.92 Å². The van der Waals surface area contributed by atoms with Crippen molar-refractivity contribution in [2.75, 3.05) is 0 Å². The van der Waals surface area contributed by atoms with Crippen molar-refractivity contribution in [3.8, 4) is 0 Å². The average Bonchev–Trinajstić information content (AvgIpc) is 2.87. The van der Waals surface area contributed by atoms with E-state index in [2.05, 4.69) is 72.6 Å². The number of hydrogen-bond donors (Lipinski definition) is 0. The third-order valence-corrected chi connectivity index (χ3v) is 7.25. The van der Waals surface area contributed by atoms with Gasteiger partial charge in [0.2, 0.25) is 0 Å². The predicted molar refractivity (Wildman–Crippen MR) is 145 cm³/mol. The van der Waals surface area contributed by atoms with Gasteiger partial charge < -0.3 is 0 Å². The minimum Gasteiger partial charge on any atom is -0.159 e. The fourth-order valence-corrected chi connectivity index (χ4v) is 5.03. The first-order valence-corrected chi connectivity index (χ1v) is 13.5. The summed E-state index contributed by atoms with van der Waals surface area (Å²) >= 11 is 0. The molecule has 1 saturated carbocycles. The minimum atomic E-state index is 0.742. The van der Waals surface area contributed by atoms with E-state index >= 15 is 0 Å². The Kier molecular flexibility index (Phi) is 11.4. The first kappa shape index (κ1) is 25.4. The molecule has 2 nitrogen and oxygen atoms in total. The van der Waals surface area contributed by atoms with Crippen molar-refractivity contribution in [1.82, 2.24) is 0 Å². The van der Waals surface area contributed by atoms with E-state index < -0.39 is 0 Å². The third-order valence-electron chi connectivity index (χ3n) is 7.25. The zero-order valence-corrected chi connectivity index (χ0v) is 21.0. The second-order valence-electron chi connectivity index (χ2n) is 9.92. The lowest BCUT2D eigenvalue weighted by molar-refractivity contribution is 0.304. The lowest BCUT2D eigenvalue weighted by atomic mass is 9.77. The average molecular weight is 445 g/mol. The van der Waals surface area contributed by atoms with Crippen LogP contribution in [-0.2, 0) is 6.42 Å². The van der Waals surface area contributed by atoms with Gasteiger partial charge in [0.1, 0.15) is 0 Å². The molecule has 0 radical (unpaired) electrons. The van der Waals surface area contributed by atoms with Crippen LogP contribution in [0.3, 0.4) is 0 Å². The summed E-state index contributed by atoms with van der Waals surface area (Å²) < 4.78 is 0. The maximum atomic E-state index is 4.26. The molecule has 0 N–H and O–H groups in total. The maximum Gasteiger partial charge on any atom is 0.0568 e. The molecule has 0 heterocycles. The van der Waals surface area contributed by atoms with Crippen molar-refractivity contribution in [2.24, 2.45) is 16.1 Å².